The third-order valence-electron chi connectivity index (χ3n) is 6.83. The lowest BCUT2D eigenvalue weighted by Gasteiger charge is -2.33. The highest BCUT2D eigenvalue weighted by Gasteiger charge is 2.23. The number of methoxy groups -OCH3 is 1. The standard InChI is InChI=1S/C24H28ClN3O2S.C7H8O/c25-20-3-6-23(26)22(16-20)19-7-8-28(17-31)24(15-19)18-1-4-21(5-2-18)30-14-11-27-9-12-29-13-10-27;1-8-7-5-3-2-4-6-7/h1-6,15-17,24H,7-14,26H2;2-6H,1H3. The van der Waals surface area contributed by atoms with Gasteiger partial charge >= 0.3 is 0 Å². The van der Waals surface area contributed by atoms with E-state index in [4.69, 9.17) is 43.8 Å². The van der Waals surface area contributed by atoms with E-state index in [2.05, 4.69) is 28.0 Å². The number of nitrogens with two attached hydrogens (primary N) is 1. The highest BCUT2D eigenvalue weighted by atomic mass is 35.5. The van der Waals surface area contributed by atoms with Crippen LogP contribution in [0.5, 0.6) is 11.5 Å². The van der Waals surface area contributed by atoms with Gasteiger partial charge in [0.25, 0.3) is 0 Å². The van der Waals surface area contributed by atoms with E-state index < -0.39 is 0 Å². The van der Waals surface area contributed by atoms with Crippen molar-refractivity contribution in [2.75, 3.05) is 58.8 Å². The number of anilines is 1. The topological polar surface area (TPSA) is 60.2 Å². The number of ether oxygens (including phenoxy) is 3. The van der Waals surface area contributed by atoms with Crippen LogP contribution in [-0.4, -0.2) is 68.4 Å². The van der Waals surface area contributed by atoms with Gasteiger partial charge in [0.2, 0.25) is 0 Å². The van der Waals surface area contributed by atoms with Crippen LogP contribution in [0.3, 0.4) is 0 Å². The number of benzene rings is 3. The SMILES string of the molecule is COc1ccccc1.Nc1ccc(Cl)cc1C1=CC(c2ccc(OCCN3CCOCC3)cc2)N(C=S)CC1. The molecule has 5 rings (SSSR count). The van der Waals surface area contributed by atoms with Gasteiger partial charge in [-0.05, 0) is 60.0 Å². The number of hydrogen-bond acceptors (Lipinski definition) is 6. The summed E-state index contributed by atoms with van der Waals surface area (Å²) in [6.07, 6.45) is 3.11. The number of morpholine rings is 1. The molecule has 0 saturated carbocycles. The van der Waals surface area contributed by atoms with Crippen LogP contribution in [0.2, 0.25) is 5.02 Å². The quantitative estimate of drug-likeness (QED) is 0.261. The van der Waals surface area contributed by atoms with Gasteiger partial charge in [-0.1, -0.05) is 60.2 Å². The molecule has 1 unspecified atom stereocenters. The molecule has 1 atom stereocenters. The molecule has 6 nitrogen and oxygen atoms in total. The van der Waals surface area contributed by atoms with Crippen LogP contribution in [0.25, 0.3) is 5.57 Å². The number of rotatable bonds is 8. The van der Waals surface area contributed by atoms with Crippen LogP contribution in [0.1, 0.15) is 23.6 Å². The van der Waals surface area contributed by atoms with E-state index in [-0.39, 0.29) is 6.04 Å². The summed E-state index contributed by atoms with van der Waals surface area (Å²) in [6, 6.07) is 23.7. The second-order valence-corrected chi connectivity index (χ2v) is 10.00. The molecule has 39 heavy (non-hydrogen) atoms. The van der Waals surface area contributed by atoms with Crippen LogP contribution in [0.4, 0.5) is 5.69 Å². The molecule has 1 saturated heterocycles. The molecule has 0 radical (unpaired) electrons. The summed E-state index contributed by atoms with van der Waals surface area (Å²) in [5.41, 5.74) is 12.1. The molecule has 1 fully saturated rings. The van der Waals surface area contributed by atoms with Gasteiger partial charge in [-0.25, -0.2) is 0 Å². The number of thiocarbonyl (C=S) groups is 1. The van der Waals surface area contributed by atoms with Crippen molar-refractivity contribution in [3.05, 3.63) is 95.0 Å². The molecule has 2 aliphatic heterocycles. The summed E-state index contributed by atoms with van der Waals surface area (Å²) < 4.78 is 16.3. The van der Waals surface area contributed by atoms with E-state index >= 15 is 0 Å². The molecule has 8 heteroatoms. The molecular formula is C31H36ClN3O3S. The Bertz CT molecular complexity index is 1220. The fourth-order valence-electron chi connectivity index (χ4n) is 4.63. The minimum atomic E-state index is 0.0574. The minimum Gasteiger partial charge on any atom is -0.497 e. The molecule has 0 amide bonds. The molecule has 0 spiro atoms. The van der Waals surface area contributed by atoms with Crippen molar-refractivity contribution in [2.45, 2.75) is 12.5 Å². The Morgan fingerprint density at radius 3 is 2.41 bits per heavy atom. The van der Waals surface area contributed by atoms with Gasteiger partial charge in [0, 0.05) is 42.5 Å². The molecule has 3 aromatic rings. The summed E-state index contributed by atoms with van der Waals surface area (Å²) >= 11 is 11.5. The number of nitrogens with zero attached hydrogens (tertiary/aromatic N) is 2. The van der Waals surface area contributed by atoms with Crippen molar-refractivity contribution >= 4 is 40.6 Å². The van der Waals surface area contributed by atoms with E-state index in [0.717, 1.165) is 68.6 Å². The molecule has 2 aliphatic rings. The first-order valence-corrected chi connectivity index (χ1v) is 14.0. The molecule has 3 aromatic carbocycles. The van der Waals surface area contributed by atoms with Crippen molar-refractivity contribution < 1.29 is 14.2 Å². The fourth-order valence-corrected chi connectivity index (χ4v) is 5.04. The summed E-state index contributed by atoms with van der Waals surface area (Å²) in [5.74, 6) is 1.79. The van der Waals surface area contributed by atoms with Crippen LogP contribution in [-0.2, 0) is 4.74 Å². The first-order valence-electron chi connectivity index (χ1n) is 13.2. The Labute approximate surface area is 241 Å². The fraction of sp³-hybridized carbons (Fsp3) is 0.323. The zero-order chi connectivity index (χ0) is 27.5. The van der Waals surface area contributed by atoms with Gasteiger partial charge in [-0.3, -0.25) is 4.90 Å². The lowest BCUT2D eigenvalue weighted by Crippen LogP contribution is -2.38. The zero-order valence-electron chi connectivity index (χ0n) is 22.3. The lowest BCUT2D eigenvalue weighted by atomic mass is 9.92. The third kappa shape index (κ3) is 8.44. The van der Waals surface area contributed by atoms with Crippen LogP contribution in [0, 0.1) is 0 Å². The maximum absolute atomic E-state index is 6.22. The van der Waals surface area contributed by atoms with Gasteiger partial charge in [-0.2, -0.15) is 0 Å². The van der Waals surface area contributed by atoms with Gasteiger partial charge in [-0.15, -0.1) is 0 Å². The predicted octanol–water partition coefficient (Wildman–Crippen LogP) is 6.12. The molecular weight excluding hydrogens is 530 g/mol. The summed E-state index contributed by atoms with van der Waals surface area (Å²) in [7, 11) is 1.66. The van der Waals surface area contributed by atoms with Crippen molar-refractivity contribution in [2.24, 2.45) is 0 Å². The van der Waals surface area contributed by atoms with Crippen molar-refractivity contribution in [1.29, 1.82) is 0 Å². The monoisotopic (exact) mass is 565 g/mol. The van der Waals surface area contributed by atoms with E-state index in [1.54, 1.807) is 12.6 Å². The largest absolute Gasteiger partial charge is 0.497 e. The second kappa shape index (κ2) is 14.9. The van der Waals surface area contributed by atoms with E-state index in [9.17, 15) is 0 Å². The van der Waals surface area contributed by atoms with Crippen molar-refractivity contribution in [3.8, 4) is 11.5 Å². The molecule has 206 valence electrons. The molecule has 2 heterocycles. The molecule has 0 bridgehead atoms. The average molecular weight is 566 g/mol. The van der Waals surface area contributed by atoms with Gasteiger partial charge in [0.15, 0.2) is 0 Å². The van der Waals surface area contributed by atoms with E-state index in [1.165, 1.54) is 11.1 Å². The first-order chi connectivity index (χ1) is 19.1. The first kappa shape index (κ1) is 28.9. The second-order valence-electron chi connectivity index (χ2n) is 9.35. The van der Waals surface area contributed by atoms with Gasteiger partial charge in [0.05, 0.1) is 31.9 Å². The van der Waals surface area contributed by atoms with Crippen molar-refractivity contribution in [3.63, 3.8) is 0 Å². The Balaban J connectivity index is 0.000000379. The number of hydrogen-bond donors (Lipinski definition) is 1. The van der Waals surface area contributed by atoms with E-state index in [0.29, 0.717) is 11.6 Å². The third-order valence-corrected chi connectivity index (χ3v) is 7.34. The lowest BCUT2D eigenvalue weighted by molar-refractivity contribution is 0.0322. The maximum atomic E-state index is 6.22. The average Bonchev–Trinajstić information content (AvgIpc) is 3.00. The predicted molar refractivity (Wildman–Crippen MR) is 164 cm³/mol. The Morgan fingerprint density at radius 2 is 1.74 bits per heavy atom. The summed E-state index contributed by atoms with van der Waals surface area (Å²) in [4.78, 5) is 4.54. The van der Waals surface area contributed by atoms with Crippen LogP contribution < -0.4 is 15.2 Å². The van der Waals surface area contributed by atoms with Crippen LogP contribution >= 0.6 is 23.8 Å². The number of para-hydroxylation sites is 1. The summed E-state index contributed by atoms with van der Waals surface area (Å²) in [5, 5.41) is 0.692. The maximum Gasteiger partial charge on any atom is 0.119 e. The molecule has 0 aromatic heterocycles. The van der Waals surface area contributed by atoms with Crippen molar-refractivity contribution in [1.82, 2.24) is 9.80 Å². The van der Waals surface area contributed by atoms with Gasteiger partial charge < -0.3 is 24.8 Å². The highest BCUT2D eigenvalue weighted by Crippen LogP contribution is 2.36. The number of nitrogen functional groups attached to an aromatic ring is 1. The van der Waals surface area contributed by atoms with E-state index in [1.807, 2.05) is 60.7 Å². The minimum absolute atomic E-state index is 0.0574. The molecule has 0 aliphatic carbocycles. The Kier molecular flexibility index (Phi) is 11.0. The smallest absolute Gasteiger partial charge is 0.119 e. The van der Waals surface area contributed by atoms with Gasteiger partial charge in [0.1, 0.15) is 18.1 Å². The molecule has 2 N–H and O–H groups in total. The van der Waals surface area contributed by atoms with Crippen LogP contribution in [0.15, 0.2) is 78.9 Å². The zero-order valence-corrected chi connectivity index (χ0v) is 23.9. The Morgan fingerprint density at radius 1 is 1.00 bits per heavy atom. The highest BCUT2D eigenvalue weighted by molar-refractivity contribution is 7.78. The normalized spacial score (nSPS) is 17.4. The number of halogens is 1. The Hall–Kier alpha value is -3.10. The summed E-state index contributed by atoms with van der Waals surface area (Å²) in [6.45, 7) is 5.99.